The lowest BCUT2D eigenvalue weighted by Gasteiger charge is -2.12. The van der Waals surface area contributed by atoms with Gasteiger partial charge in [0.15, 0.2) is 0 Å². The van der Waals surface area contributed by atoms with Gasteiger partial charge in [0.25, 0.3) is 0 Å². The van der Waals surface area contributed by atoms with E-state index in [0.29, 0.717) is 0 Å². The number of hydrogen-bond donors (Lipinski definition) is 0. The topological polar surface area (TPSA) is 42.3 Å². The first-order chi connectivity index (χ1) is 6.96. The zero-order valence-corrected chi connectivity index (χ0v) is 7.75. The van der Waals surface area contributed by atoms with E-state index in [0.717, 1.165) is 6.20 Å². The molecule has 0 aliphatic carbocycles. The molecule has 0 aliphatic rings. The Balaban J connectivity index is 3.23. The predicted octanol–water partition coefficient (Wildman–Crippen LogP) is 2.50. The van der Waals surface area contributed by atoms with E-state index in [9.17, 15) is 18.0 Å². The maximum absolute atomic E-state index is 12.4. The monoisotopic (exact) mass is 216 g/mol. The lowest BCUT2D eigenvalue weighted by Crippen LogP contribution is -2.12. The van der Waals surface area contributed by atoms with E-state index in [-0.39, 0.29) is 5.56 Å². The molecular weight excluding hydrogens is 209 g/mol. The molecule has 0 radical (unpaired) electrons. The van der Waals surface area contributed by atoms with Gasteiger partial charge in [0, 0.05) is 11.8 Å². The number of nitrogens with zero attached hydrogens (tertiary/aromatic N) is 2. The molecule has 0 amide bonds. The summed E-state index contributed by atoms with van der Waals surface area (Å²) in [7, 11) is 0. The van der Waals surface area contributed by atoms with Crippen LogP contribution in [0.3, 0.4) is 0 Å². The van der Waals surface area contributed by atoms with Gasteiger partial charge in [0.1, 0.15) is 5.69 Å². The smallest absolute Gasteiger partial charge is 0.251 e. The van der Waals surface area contributed by atoms with Crippen molar-refractivity contribution in [2.75, 3.05) is 0 Å². The Kier molecular flexibility index (Phi) is 3.21. The van der Waals surface area contributed by atoms with Crippen LogP contribution in [0.25, 0.3) is 0 Å². The van der Waals surface area contributed by atoms with Crippen molar-refractivity contribution in [3.8, 4) is 0 Å². The Labute approximate surface area is 83.7 Å². The molecule has 15 heavy (non-hydrogen) atoms. The molecule has 1 atom stereocenters. The second-order valence-corrected chi connectivity index (χ2v) is 2.84. The van der Waals surface area contributed by atoms with Crippen molar-refractivity contribution in [1.82, 2.24) is 4.98 Å². The highest BCUT2D eigenvalue weighted by Gasteiger charge is 2.36. The molecule has 80 valence electrons. The van der Waals surface area contributed by atoms with E-state index < -0.39 is 17.9 Å². The molecule has 6 heteroatoms. The van der Waals surface area contributed by atoms with Crippen LogP contribution in [0.5, 0.6) is 0 Å². The summed E-state index contributed by atoms with van der Waals surface area (Å²) < 4.78 is 37.3. The van der Waals surface area contributed by atoms with Crippen molar-refractivity contribution in [3.63, 3.8) is 0 Å². The average Bonchev–Trinajstić information content (AvgIpc) is 2.17. The summed E-state index contributed by atoms with van der Waals surface area (Å²) in [5.74, 6) is 0. The molecular formula is C9H7F3N2O. The van der Waals surface area contributed by atoms with E-state index in [1.807, 2.05) is 0 Å². The second kappa shape index (κ2) is 4.23. The van der Waals surface area contributed by atoms with Crippen molar-refractivity contribution in [1.29, 1.82) is 0 Å². The van der Waals surface area contributed by atoms with Gasteiger partial charge in [0.05, 0.1) is 6.04 Å². The Morgan fingerprint density at radius 3 is 2.73 bits per heavy atom. The molecule has 1 unspecified atom stereocenters. The minimum absolute atomic E-state index is 0.131. The second-order valence-electron chi connectivity index (χ2n) is 2.84. The number of aromatic nitrogens is 1. The van der Waals surface area contributed by atoms with Crippen LogP contribution < -0.4 is 0 Å². The fourth-order valence-electron chi connectivity index (χ4n) is 1.14. The molecule has 0 saturated carbocycles. The van der Waals surface area contributed by atoms with Crippen LogP contribution in [-0.4, -0.2) is 11.1 Å². The van der Waals surface area contributed by atoms with E-state index in [1.54, 1.807) is 0 Å². The van der Waals surface area contributed by atoms with Gasteiger partial charge in [-0.15, -0.1) is 0 Å². The third-order valence-corrected chi connectivity index (χ3v) is 1.80. The fraction of sp³-hybridized carbons (Fsp3) is 0.333. The highest BCUT2D eigenvalue weighted by atomic mass is 19.4. The highest BCUT2D eigenvalue weighted by molar-refractivity contribution is 5.36. The highest BCUT2D eigenvalue weighted by Crippen LogP contribution is 2.33. The van der Waals surface area contributed by atoms with Crippen molar-refractivity contribution in [2.45, 2.75) is 19.1 Å². The van der Waals surface area contributed by atoms with Gasteiger partial charge in [-0.2, -0.15) is 18.2 Å². The number of pyridine rings is 1. The standard InChI is InChI=1S/C9H7F3N2O/c1-6(14-5-15)7-3-2-4-13-8(7)9(10,11)12/h2-4,6H,1H3. The third kappa shape index (κ3) is 2.63. The SMILES string of the molecule is CC(N=C=O)c1cccnc1C(F)(F)F. The molecule has 0 aromatic carbocycles. The van der Waals surface area contributed by atoms with Crippen LogP contribution >= 0.6 is 0 Å². The van der Waals surface area contributed by atoms with Gasteiger partial charge < -0.3 is 0 Å². The van der Waals surface area contributed by atoms with Gasteiger partial charge in [-0.1, -0.05) is 6.07 Å². The van der Waals surface area contributed by atoms with Crippen molar-refractivity contribution >= 4 is 6.08 Å². The van der Waals surface area contributed by atoms with Crippen LogP contribution in [0.15, 0.2) is 23.3 Å². The summed E-state index contributed by atoms with van der Waals surface area (Å²) in [6.07, 6.45) is -2.27. The van der Waals surface area contributed by atoms with Crippen LogP contribution in [0.1, 0.15) is 24.2 Å². The average molecular weight is 216 g/mol. The fourth-order valence-corrected chi connectivity index (χ4v) is 1.14. The number of alkyl halides is 3. The maximum atomic E-state index is 12.4. The zero-order chi connectivity index (χ0) is 11.5. The van der Waals surface area contributed by atoms with Crippen molar-refractivity contribution in [2.24, 2.45) is 4.99 Å². The number of rotatable bonds is 2. The minimum Gasteiger partial charge on any atom is -0.251 e. The molecule has 1 aromatic heterocycles. The van der Waals surface area contributed by atoms with E-state index in [2.05, 4.69) is 9.98 Å². The van der Waals surface area contributed by atoms with E-state index >= 15 is 0 Å². The van der Waals surface area contributed by atoms with Crippen LogP contribution in [0, 0.1) is 0 Å². The van der Waals surface area contributed by atoms with Gasteiger partial charge in [0.2, 0.25) is 6.08 Å². The number of hydrogen-bond acceptors (Lipinski definition) is 3. The van der Waals surface area contributed by atoms with Gasteiger partial charge >= 0.3 is 6.18 Å². The number of aliphatic imine (C=N–C) groups is 1. The molecule has 0 spiro atoms. The number of halogens is 3. The lowest BCUT2D eigenvalue weighted by atomic mass is 10.1. The summed E-state index contributed by atoms with van der Waals surface area (Å²) in [6.45, 7) is 1.37. The van der Waals surface area contributed by atoms with Gasteiger partial charge in [-0.3, -0.25) is 4.98 Å². The molecule has 1 heterocycles. The first-order valence-electron chi connectivity index (χ1n) is 4.06. The Morgan fingerprint density at radius 1 is 1.53 bits per heavy atom. The van der Waals surface area contributed by atoms with E-state index in [1.165, 1.54) is 25.1 Å². The first kappa shape index (κ1) is 11.4. The number of isocyanates is 1. The zero-order valence-electron chi connectivity index (χ0n) is 7.75. The lowest BCUT2D eigenvalue weighted by molar-refractivity contribution is -0.142. The summed E-state index contributed by atoms with van der Waals surface area (Å²) >= 11 is 0. The van der Waals surface area contributed by atoms with Crippen LogP contribution in [-0.2, 0) is 11.0 Å². The molecule has 0 saturated heterocycles. The third-order valence-electron chi connectivity index (χ3n) is 1.80. The summed E-state index contributed by atoms with van der Waals surface area (Å²) in [6, 6.07) is 1.70. The summed E-state index contributed by atoms with van der Waals surface area (Å²) in [4.78, 5) is 16.4. The van der Waals surface area contributed by atoms with E-state index in [4.69, 9.17) is 0 Å². The molecule has 0 fully saturated rings. The molecule has 1 rings (SSSR count). The summed E-state index contributed by atoms with van der Waals surface area (Å²) in [5, 5.41) is 0. The molecule has 0 bridgehead atoms. The van der Waals surface area contributed by atoms with Gasteiger partial charge in [-0.05, 0) is 13.0 Å². The Morgan fingerprint density at radius 2 is 2.20 bits per heavy atom. The van der Waals surface area contributed by atoms with Crippen LogP contribution in [0.2, 0.25) is 0 Å². The van der Waals surface area contributed by atoms with Crippen LogP contribution in [0.4, 0.5) is 13.2 Å². The summed E-state index contributed by atoms with van der Waals surface area (Å²) in [5.41, 5.74) is -1.15. The van der Waals surface area contributed by atoms with Crippen molar-refractivity contribution < 1.29 is 18.0 Å². The maximum Gasteiger partial charge on any atom is 0.433 e. The predicted molar refractivity (Wildman–Crippen MR) is 45.8 cm³/mol. The molecule has 3 nitrogen and oxygen atoms in total. The number of carbonyl (C=O) groups excluding carboxylic acids is 1. The minimum atomic E-state index is -4.54. The molecule has 0 aliphatic heterocycles. The van der Waals surface area contributed by atoms with Crippen molar-refractivity contribution in [3.05, 3.63) is 29.6 Å². The Bertz CT molecular complexity index is 397. The molecule has 0 N–H and O–H groups in total. The van der Waals surface area contributed by atoms with Gasteiger partial charge in [-0.25, -0.2) is 4.79 Å². The normalized spacial score (nSPS) is 13.1. The molecule has 1 aromatic rings. The Hall–Kier alpha value is -1.68. The largest absolute Gasteiger partial charge is 0.433 e. The first-order valence-corrected chi connectivity index (χ1v) is 4.06. The quantitative estimate of drug-likeness (QED) is 0.563.